The van der Waals surface area contributed by atoms with Gasteiger partial charge in [-0.25, -0.2) is 13.6 Å². The largest absolute Gasteiger partial charge is 0.486 e. The van der Waals surface area contributed by atoms with Gasteiger partial charge in [0.2, 0.25) is 15.9 Å². The summed E-state index contributed by atoms with van der Waals surface area (Å²) in [6.45, 7) is 1.88. The average molecular weight is 491 g/mol. The number of carbonyl (C=O) groups is 1. The van der Waals surface area contributed by atoms with Crippen molar-refractivity contribution in [1.29, 1.82) is 0 Å². The molecule has 2 aromatic rings. The van der Waals surface area contributed by atoms with Gasteiger partial charge in [0.15, 0.2) is 17.6 Å². The molecule has 11 heteroatoms. The van der Waals surface area contributed by atoms with Gasteiger partial charge in [-0.05, 0) is 42.7 Å². The molecule has 3 unspecified atom stereocenters. The van der Waals surface area contributed by atoms with Crippen LogP contribution in [0.1, 0.15) is 24.4 Å². The number of primary sulfonamides is 1. The van der Waals surface area contributed by atoms with Crippen molar-refractivity contribution in [3.8, 4) is 11.5 Å². The van der Waals surface area contributed by atoms with Gasteiger partial charge in [-0.15, -0.1) is 0 Å². The van der Waals surface area contributed by atoms with Crippen LogP contribution in [0.4, 0.5) is 0 Å². The number of benzene rings is 2. The van der Waals surface area contributed by atoms with Crippen LogP contribution in [0.25, 0.3) is 0 Å². The van der Waals surface area contributed by atoms with Crippen LogP contribution in [0.5, 0.6) is 11.5 Å². The Kier molecular flexibility index (Phi) is 7.39. The minimum absolute atomic E-state index is 0.0169. The number of nitrogens with two attached hydrogens (primary N) is 2. The molecule has 0 bridgehead atoms. The molecule has 10 nitrogen and oxygen atoms in total. The molecule has 6 N–H and O–H groups in total. The van der Waals surface area contributed by atoms with Gasteiger partial charge < -0.3 is 25.6 Å². The third-order valence-electron chi connectivity index (χ3n) is 6.26. The standard InChI is InChI=1S/C23H30N4O6S/c24-23(29)22(15-5-7-17(8-6-15)34(25,30)31)27-11-9-16(10-12-27)26-13-18(28)21-14-32-19-3-1-2-4-20(19)33-21/h1-8,16,18,21-22,26,28H,9-14H2,(H2,24,29)(H2,25,30,31). The van der Waals surface area contributed by atoms with E-state index in [0.717, 1.165) is 12.8 Å². The molecule has 184 valence electrons. The SMILES string of the molecule is NC(=O)C(c1ccc(S(N)(=O)=O)cc1)N1CCC(NCC(O)C2COc3ccccc3O2)CC1. The summed E-state index contributed by atoms with van der Waals surface area (Å²) in [5.41, 5.74) is 6.30. The summed E-state index contributed by atoms with van der Waals surface area (Å²) in [6.07, 6.45) is 0.330. The fourth-order valence-corrected chi connectivity index (χ4v) is 4.92. The van der Waals surface area contributed by atoms with E-state index in [0.29, 0.717) is 36.7 Å². The molecule has 1 fully saturated rings. The number of aliphatic hydroxyl groups excluding tert-OH is 1. The molecule has 4 rings (SSSR count). The minimum atomic E-state index is -3.81. The molecule has 1 saturated heterocycles. The van der Waals surface area contributed by atoms with Gasteiger partial charge in [0, 0.05) is 25.7 Å². The van der Waals surface area contributed by atoms with Gasteiger partial charge >= 0.3 is 0 Å². The third-order valence-corrected chi connectivity index (χ3v) is 7.19. The summed E-state index contributed by atoms with van der Waals surface area (Å²) in [5, 5.41) is 19.1. The molecule has 0 spiro atoms. The summed E-state index contributed by atoms with van der Waals surface area (Å²) >= 11 is 0. The van der Waals surface area contributed by atoms with E-state index in [-0.39, 0.29) is 17.5 Å². The van der Waals surface area contributed by atoms with Gasteiger partial charge in [0.1, 0.15) is 18.8 Å². The van der Waals surface area contributed by atoms with E-state index in [1.165, 1.54) is 12.1 Å². The number of rotatable bonds is 8. The maximum atomic E-state index is 12.2. The molecule has 2 heterocycles. The predicted octanol–water partition coefficient (Wildman–Crippen LogP) is 0.115. The third kappa shape index (κ3) is 5.68. The lowest BCUT2D eigenvalue weighted by Crippen LogP contribution is -2.50. The second-order valence-corrected chi connectivity index (χ2v) is 10.2. The number of nitrogens with zero attached hydrogens (tertiary/aromatic N) is 1. The highest BCUT2D eigenvalue weighted by atomic mass is 32.2. The highest BCUT2D eigenvalue weighted by molar-refractivity contribution is 7.89. The quantitative estimate of drug-likeness (QED) is 0.406. The summed E-state index contributed by atoms with van der Waals surface area (Å²) in [5.74, 6) is 0.801. The lowest BCUT2D eigenvalue weighted by atomic mass is 9.98. The zero-order valence-corrected chi connectivity index (χ0v) is 19.5. The first kappa shape index (κ1) is 24.4. The van der Waals surface area contributed by atoms with E-state index in [1.54, 1.807) is 12.1 Å². The highest BCUT2D eigenvalue weighted by Gasteiger charge is 2.31. The molecule has 0 aromatic heterocycles. The van der Waals surface area contributed by atoms with Crippen LogP contribution in [0.15, 0.2) is 53.4 Å². The Bertz CT molecular complexity index is 1100. The van der Waals surface area contributed by atoms with Crippen LogP contribution in [0.2, 0.25) is 0 Å². The Morgan fingerprint density at radius 3 is 2.38 bits per heavy atom. The molecule has 1 amide bonds. The van der Waals surface area contributed by atoms with E-state index in [1.807, 2.05) is 29.2 Å². The van der Waals surface area contributed by atoms with E-state index in [9.17, 15) is 18.3 Å². The van der Waals surface area contributed by atoms with Crippen molar-refractivity contribution in [3.05, 3.63) is 54.1 Å². The Balaban J connectivity index is 1.28. The number of fused-ring (bicyclic) bond motifs is 1. The van der Waals surface area contributed by atoms with Crippen molar-refractivity contribution < 1.29 is 27.8 Å². The van der Waals surface area contributed by atoms with Crippen LogP contribution in [-0.4, -0.2) is 68.8 Å². The number of aliphatic hydroxyl groups is 1. The second-order valence-electron chi connectivity index (χ2n) is 8.62. The topological polar surface area (TPSA) is 157 Å². The first-order chi connectivity index (χ1) is 16.2. The van der Waals surface area contributed by atoms with Crippen molar-refractivity contribution in [2.24, 2.45) is 10.9 Å². The summed E-state index contributed by atoms with van der Waals surface area (Å²) in [6, 6.07) is 12.8. The number of para-hydroxylation sites is 2. The Morgan fingerprint density at radius 1 is 1.12 bits per heavy atom. The number of ether oxygens (including phenoxy) is 2. The number of amides is 1. The number of carbonyl (C=O) groups excluding carboxylic acids is 1. The van der Waals surface area contributed by atoms with Gasteiger partial charge in [0.25, 0.3) is 0 Å². The number of piperidine rings is 1. The molecule has 3 atom stereocenters. The average Bonchev–Trinajstić information content (AvgIpc) is 2.82. The number of hydrogen-bond acceptors (Lipinski definition) is 8. The molecule has 34 heavy (non-hydrogen) atoms. The lowest BCUT2D eigenvalue weighted by molar-refractivity contribution is -0.124. The molecule has 2 aliphatic heterocycles. The zero-order chi connectivity index (χ0) is 24.3. The number of likely N-dealkylation sites (tertiary alicyclic amines) is 1. The monoisotopic (exact) mass is 490 g/mol. The molecule has 2 aromatic carbocycles. The Hall–Kier alpha value is -2.70. The van der Waals surface area contributed by atoms with Gasteiger partial charge in [-0.1, -0.05) is 24.3 Å². The Morgan fingerprint density at radius 2 is 1.76 bits per heavy atom. The first-order valence-electron chi connectivity index (χ1n) is 11.2. The van der Waals surface area contributed by atoms with Gasteiger partial charge in [-0.3, -0.25) is 9.69 Å². The van der Waals surface area contributed by atoms with E-state index in [4.69, 9.17) is 20.3 Å². The molecule has 0 aliphatic carbocycles. The summed E-state index contributed by atoms with van der Waals surface area (Å²) < 4.78 is 34.5. The second kappa shape index (κ2) is 10.3. The molecular weight excluding hydrogens is 460 g/mol. The van der Waals surface area contributed by atoms with E-state index in [2.05, 4.69) is 5.32 Å². The van der Waals surface area contributed by atoms with Crippen molar-refractivity contribution in [2.75, 3.05) is 26.2 Å². The zero-order valence-electron chi connectivity index (χ0n) is 18.7. The number of sulfonamides is 1. The normalized spacial score (nSPS) is 21.1. The summed E-state index contributed by atoms with van der Waals surface area (Å²) in [7, 11) is -3.81. The van der Waals surface area contributed by atoms with E-state index < -0.39 is 34.2 Å². The fourth-order valence-electron chi connectivity index (χ4n) is 4.40. The minimum Gasteiger partial charge on any atom is -0.486 e. The maximum absolute atomic E-state index is 12.2. The lowest BCUT2D eigenvalue weighted by Gasteiger charge is -2.37. The van der Waals surface area contributed by atoms with Crippen LogP contribution in [-0.2, 0) is 14.8 Å². The van der Waals surface area contributed by atoms with E-state index >= 15 is 0 Å². The molecule has 0 saturated carbocycles. The number of primary amides is 1. The summed E-state index contributed by atoms with van der Waals surface area (Å²) in [4.78, 5) is 14.2. The maximum Gasteiger partial charge on any atom is 0.239 e. The van der Waals surface area contributed by atoms with Crippen molar-refractivity contribution in [2.45, 2.75) is 42.0 Å². The highest BCUT2D eigenvalue weighted by Crippen LogP contribution is 2.31. The number of nitrogens with one attached hydrogen (secondary N) is 1. The van der Waals surface area contributed by atoms with Crippen molar-refractivity contribution in [1.82, 2.24) is 10.2 Å². The van der Waals surface area contributed by atoms with Crippen molar-refractivity contribution in [3.63, 3.8) is 0 Å². The molecule has 2 aliphatic rings. The van der Waals surface area contributed by atoms with Crippen LogP contribution in [0, 0.1) is 0 Å². The van der Waals surface area contributed by atoms with Gasteiger partial charge in [-0.2, -0.15) is 0 Å². The number of hydrogen-bond donors (Lipinski definition) is 4. The molecule has 0 radical (unpaired) electrons. The van der Waals surface area contributed by atoms with Crippen LogP contribution < -0.4 is 25.7 Å². The smallest absolute Gasteiger partial charge is 0.239 e. The van der Waals surface area contributed by atoms with Crippen LogP contribution in [0.3, 0.4) is 0 Å². The van der Waals surface area contributed by atoms with Crippen LogP contribution >= 0.6 is 0 Å². The van der Waals surface area contributed by atoms with Crippen molar-refractivity contribution >= 4 is 15.9 Å². The first-order valence-corrected chi connectivity index (χ1v) is 12.7. The van der Waals surface area contributed by atoms with Gasteiger partial charge in [0.05, 0.1) is 4.90 Å². The Labute approximate surface area is 198 Å². The fraction of sp³-hybridized carbons (Fsp3) is 0.435. The molecular formula is C23H30N4O6S. The predicted molar refractivity (Wildman–Crippen MR) is 125 cm³/mol.